The van der Waals surface area contributed by atoms with Crippen molar-refractivity contribution in [3.8, 4) is 0 Å². The van der Waals surface area contributed by atoms with E-state index >= 15 is 0 Å². The lowest BCUT2D eigenvalue weighted by Gasteiger charge is -2.36. The van der Waals surface area contributed by atoms with Gasteiger partial charge in [-0.2, -0.15) is 0 Å². The van der Waals surface area contributed by atoms with E-state index in [1.165, 1.54) is 0 Å². The van der Waals surface area contributed by atoms with Crippen molar-refractivity contribution >= 4 is 12.0 Å². The van der Waals surface area contributed by atoms with Gasteiger partial charge in [0.05, 0.1) is 0 Å². The van der Waals surface area contributed by atoms with Gasteiger partial charge in [-0.3, -0.25) is 4.79 Å². The second-order valence-electron chi connectivity index (χ2n) is 7.46. The van der Waals surface area contributed by atoms with Gasteiger partial charge in [-0.1, -0.05) is 13.8 Å². The van der Waals surface area contributed by atoms with Crippen LogP contribution >= 0.6 is 0 Å². The van der Waals surface area contributed by atoms with Crippen molar-refractivity contribution in [1.82, 2.24) is 9.80 Å². The maximum atomic E-state index is 12.3. The van der Waals surface area contributed by atoms with E-state index < -0.39 is 5.60 Å². The van der Waals surface area contributed by atoms with E-state index in [2.05, 4.69) is 0 Å². The first-order chi connectivity index (χ1) is 10.1. The summed E-state index contributed by atoms with van der Waals surface area (Å²) in [6.45, 7) is 11.9. The van der Waals surface area contributed by atoms with Crippen LogP contribution in [0.2, 0.25) is 0 Å². The highest BCUT2D eigenvalue weighted by atomic mass is 16.6. The molecule has 1 heterocycles. The largest absolute Gasteiger partial charge is 0.444 e. The van der Waals surface area contributed by atoms with Crippen molar-refractivity contribution in [2.24, 2.45) is 11.8 Å². The van der Waals surface area contributed by atoms with E-state index in [-0.39, 0.29) is 17.9 Å². The maximum Gasteiger partial charge on any atom is 0.410 e. The molecule has 0 radical (unpaired) electrons. The zero-order valence-electron chi connectivity index (χ0n) is 15.0. The van der Waals surface area contributed by atoms with E-state index in [0.29, 0.717) is 12.5 Å². The SMILES string of the molecule is CCC(C)C(=O)N1CCCC(CN(C)C(=O)OC(C)(C)C)C1. The lowest BCUT2D eigenvalue weighted by atomic mass is 9.96. The molecule has 0 aliphatic carbocycles. The fraction of sp³-hybridized carbons (Fsp3) is 0.882. The Labute approximate surface area is 135 Å². The molecule has 0 spiro atoms. The topological polar surface area (TPSA) is 49.9 Å². The summed E-state index contributed by atoms with van der Waals surface area (Å²) in [5.41, 5.74) is -0.476. The number of hydrogen-bond acceptors (Lipinski definition) is 3. The summed E-state index contributed by atoms with van der Waals surface area (Å²) < 4.78 is 5.38. The van der Waals surface area contributed by atoms with Gasteiger partial charge in [0.2, 0.25) is 5.91 Å². The summed E-state index contributed by atoms with van der Waals surface area (Å²) in [5, 5.41) is 0. The highest BCUT2D eigenvalue weighted by molar-refractivity contribution is 5.78. The molecule has 0 saturated carbocycles. The average Bonchev–Trinajstić information content (AvgIpc) is 2.44. The molecule has 2 amide bonds. The Balaban J connectivity index is 2.52. The molecular formula is C17H32N2O3. The van der Waals surface area contributed by atoms with Gasteiger partial charge in [0.1, 0.15) is 5.60 Å². The molecule has 0 N–H and O–H groups in total. The number of nitrogens with zero attached hydrogens (tertiary/aromatic N) is 2. The third-order valence-corrected chi connectivity index (χ3v) is 4.10. The minimum Gasteiger partial charge on any atom is -0.444 e. The molecule has 22 heavy (non-hydrogen) atoms. The number of rotatable bonds is 4. The first kappa shape index (κ1) is 18.8. The van der Waals surface area contributed by atoms with Crippen molar-refractivity contribution in [3.05, 3.63) is 0 Å². The highest BCUT2D eigenvalue weighted by Gasteiger charge is 2.28. The Morgan fingerprint density at radius 3 is 2.55 bits per heavy atom. The van der Waals surface area contributed by atoms with Crippen LogP contribution in [0.4, 0.5) is 4.79 Å². The quantitative estimate of drug-likeness (QED) is 0.801. The molecule has 128 valence electrons. The number of likely N-dealkylation sites (tertiary alicyclic amines) is 1. The third kappa shape index (κ3) is 5.85. The predicted octanol–water partition coefficient (Wildman–Crippen LogP) is 3.14. The normalized spacial score (nSPS) is 20.5. The molecule has 0 aromatic carbocycles. The van der Waals surface area contributed by atoms with E-state index in [1.54, 1.807) is 11.9 Å². The highest BCUT2D eigenvalue weighted by Crippen LogP contribution is 2.20. The molecular weight excluding hydrogens is 280 g/mol. The standard InChI is InChI=1S/C17H32N2O3/c1-7-13(2)15(20)19-10-8-9-14(12-19)11-18(6)16(21)22-17(3,4)5/h13-14H,7-12H2,1-6H3. The molecule has 2 unspecified atom stereocenters. The predicted molar refractivity (Wildman–Crippen MR) is 87.6 cm³/mol. The average molecular weight is 312 g/mol. The van der Waals surface area contributed by atoms with Crippen LogP contribution in [0.25, 0.3) is 0 Å². The van der Waals surface area contributed by atoms with Gasteiger partial charge in [0, 0.05) is 32.6 Å². The van der Waals surface area contributed by atoms with E-state index in [4.69, 9.17) is 4.74 Å². The van der Waals surface area contributed by atoms with Crippen LogP contribution in [-0.4, -0.2) is 54.1 Å². The smallest absolute Gasteiger partial charge is 0.410 e. The number of amides is 2. The molecule has 0 bridgehead atoms. The number of hydrogen-bond donors (Lipinski definition) is 0. The molecule has 5 heteroatoms. The number of carbonyl (C=O) groups excluding carboxylic acids is 2. The van der Waals surface area contributed by atoms with Crippen LogP contribution < -0.4 is 0 Å². The number of carbonyl (C=O) groups is 2. The Hall–Kier alpha value is -1.26. The van der Waals surface area contributed by atoms with Gasteiger partial charge in [-0.25, -0.2) is 4.79 Å². The fourth-order valence-electron chi connectivity index (χ4n) is 2.70. The lowest BCUT2D eigenvalue weighted by Crippen LogP contribution is -2.46. The Morgan fingerprint density at radius 2 is 2.00 bits per heavy atom. The van der Waals surface area contributed by atoms with Gasteiger partial charge in [0.25, 0.3) is 0 Å². The van der Waals surface area contributed by atoms with E-state index in [9.17, 15) is 9.59 Å². The molecule has 2 atom stereocenters. The minimum absolute atomic E-state index is 0.0855. The Bertz CT molecular complexity index is 390. The van der Waals surface area contributed by atoms with Crippen molar-refractivity contribution < 1.29 is 14.3 Å². The molecule has 1 aliphatic rings. The molecule has 0 aromatic rings. The fourth-order valence-corrected chi connectivity index (χ4v) is 2.70. The van der Waals surface area contributed by atoms with Gasteiger partial charge in [-0.05, 0) is 46.0 Å². The third-order valence-electron chi connectivity index (χ3n) is 4.10. The summed E-state index contributed by atoms with van der Waals surface area (Å²) in [5.74, 6) is 0.661. The van der Waals surface area contributed by atoms with Gasteiger partial charge in [0.15, 0.2) is 0 Å². The molecule has 1 saturated heterocycles. The summed E-state index contributed by atoms with van der Waals surface area (Å²) in [7, 11) is 1.77. The zero-order chi connectivity index (χ0) is 16.9. The molecule has 5 nitrogen and oxygen atoms in total. The van der Waals surface area contributed by atoms with E-state index in [1.807, 2.05) is 39.5 Å². The molecule has 1 rings (SSSR count). The monoisotopic (exact) mass is 312 g/mol. The summed E-state index contributed by atoms with van der Waals surface area (Å²) in [6, 6.07) is 0. The number of ether oxygens (including phenoxy) is 1. The zero-order valence-corrected chi connectivity index (χ0v) is 15.0. The number of piperidine rings is 1. The molecule has 1 aliphatic heterocycles. The van der Waals surface area contributed by atoms with E-state index in [0.717, 1.165) is 32.4 Å². The molecule has 0 aromatic heterocycles. The Morgan fingerprint density at radius 1 is 1.36 bits per heavy atom. The summed E-state index contributed by atoms with van der Waals surface area (Å²) in [4.78, 5) is 27.9. The van der Waals surface area contributed by atoms with Crippen molar-refractivity contribution in [2.45, 2.75) is 59.5 Å². The van der Waals surface area contributed by atoms with Crippen LogP contribution in [0.3, 0.4) is 0 Å². The van der Waals surface area contributed by atoms with Crippen LogP contribution in [0.15, 0.2) is 0 Å². The summed E-state index contributed by atoms with van der Waals surface area (Å²) in [6.07, 6.45) is 2.64. The van der Waals surface area contributed by atoms with Gasteiger partial charge < -0.3 is 14.5 Å². The van der Waals surface area contributed by atoms with Crippen molar-refractivity contribution in [2.75, 3.05) is 26.7 Å². The van der Waals surface area contributed by atoms with Crippen LogP contribution in [0.1, 0.15) is 53.9 Å². The minimum atomic E-state index is -0.476. The first-order valence-electron chi connectivity index (χ1n) is 8.37. The molecule has 1 fully saturated rings. The second-order valence-corrected chi connectivity index (χ2v) is 7.46. The van der Waals surface area contributed by atoms with Gasteiger partial charge in [-0.15, -0.1) is 0 Å². The second kappa shape index (κ2) is 7.84. The first-order valence-corrected chi connectivity index (χ1v) is 8.37. The Kier molecular flexibility index (Phi) is 6.69. The van der Waals surface area contributed by atoms with Crippen LogP contribution in [0.5, 0.6) is 0 Å². The van der Waals surface area contributed by atoms with Crippen LogP contribution in [0, 0.1) is 11.8 Å². The van der Waals surface area contributed by atoms with Crippen molar-refractivity contribution in [1.29, 1.82) is 0 Å². The summed E-state index contributed by atoms with van der Waals surface area (Å²) >= 11 is 0. The van der Waals surface area contributed by atoms with Crippen LogP contribution in [-0.2, 0) is 9.53 Å². The van der Waals surface area contributed by atoms with Gasteiger partial charge >= 0.3 is 6.09 Å². The maximum absolute atomic E-state index is 12.3. The van der Waals surface area contributed by atoms with Crippen molar-refractivity contribution in [3.63, 3.8) is 0 Å². The lowest BCUT2D eigenvalue weighted by molar-refractivity contribution is -0.137.